The van der Waals surface area contributed by atoms with E-state index in [0.717, 1.165) is 18.8 Å². The molecule has 2 aliphatic rings. The van der Waals surface area contributed by atoms with E-state index < -0.39 is 5.97 Å². The van der Waals surface area contributed by atoms with Crippen molar-refractivity contribution in [2.75, 3.05) is 0 Å². The van der Waals surface area contributed by atoms with E-state index in [4.69, 9.17) is 0 Å². The first-order valence-electron chi connectivity index (χ1n) is 6.96. The maximum absolute atomic E-state index is 11.3. The van der Waals surface area contributed by atoms with Crippen molar-refractivity contribution in [2.24, 2.45) is 40.9 Å². The molecule has 0 aromatic heterocycles. The van der Waals surface area contributed by atoms with E-state index in [9.17, 15) is 9.90 Å². The lowest BCUT2D eigenvalue weighted by molar-refractivity contribution is -0.146. The van der Waals surface area contributed by atoms with Crippen LogP contribution in [0.5, 0.6) is 0 Å². The van der Waals surface area contributed by atoms with Gasteiger partial charge in [0.2, 0.25) is 0 Å². The fourth-order valence-electron chi connectivity index (χ4n) is 4.86. The molecule has 2 fully saturated rings. The molecule has 0 spiro atoms. The smallest absolute Gasteiger partial charge is 0.306 e. The Labute approximate surface area is 105 Å². The zero-order chi connectivity index (χ0) is 13.0. The number of carbonyl (C=O) groups is 1. The number of rotatable bonds is 2. The molecule has 2 nitrogen and oxygen atoms in total. The van der Waals surface area contributed by atoms with Crippen LogP contribution in [-0.2, 0) is 4.79 Å². The van der Waals surface area contributed by atoms with Gasteiger partial charge in [-0.25, -0.2) is 0 Å². The normalized spacial score (nSPS) is 41.2. The van der Waals surface area contributed by atoms with Crippen LogP contribution in [0.4, 0.5) is 0 Å². The van der Waals surface area contributed by atoms with E-state index in [-0.39, 0.29) is 11.3 Å². The van der Waals surface area contributed by atoms with E-state index >= 15 is 0 Å². The van der Waals surface area contributed by atoms with Crippen molar-refractivity contribution >= 4 is 5.97 Å². The van der Waals surface area contributed by atoms with Gasteiger partial charge in [-0.1, -0.05) is 34.6 Å². The highest BCUT2D eigenvalue weighted by Crippen LogP contribution is 2.62. The van der Waals surface area contributed by atoms with Gasteiger partial charge in [-0.2, -0.15) is 0 Å². The monoisotopic (exact) mass is 238 g/mol. The lowest BCUT2D eigenvalue weighted by Crippen LogP contribution is -2.41. The second-order valence-electron chi connectivity index (χ2n) is 7.55. The molecule has 0 heterocycles. The molecule has 0 saturated heterocycles. The molecule has 2 rings (SSSR count). The van der Waals surface area contributed by atoms with Crippen LogP contribution in [0.15, 0.2) is 0 Å². The molecule has 5 atom stereocenters. The second kappa shape index (κ2) is 4.00. The summed E-state index contributed by atoms with van der Waals surface area (Å²) < 4.78 is 0. The highest BCUT2D eigenvalue weighted by Gasteiger charge is 2.58. The highest BCUT2D eigenvalue weighted by molar-refractivity contribution is 5.71. The molecule has 0 aromatic carbocycles. The Morgan fingerprint density at radius 2 is 1.82 bits per heavy atom. The van der Waals surface area contributed by atoms with Crippen LogP contribution in [0.3, 0.4) is 0 Å². The van der Waals surface area contributed by atoms with Crippen molar-refractivity contribution in [1.29, 1.82) is 0 Å². The molecule has 1 N–H and O–H groups in total. The standard InChI is InChI=1S/C15H26O2/c1-8(2)12-9-6-10(11(7-9)14(16)17)13(12)15(3,4)5/h8-13H,6-7H2,1-5H3,(H,16,17). The maximum Gasteiger partial charge on any atom is 0.306 e. The molecule has 2 bridgehead atoms. The van der Waals surface area contributed by atoms with Crippen LogP contribution in [0.1, 0.15) is 47.5 Å². The van der Waals surface area contributed by atoms with Gasteiger partial charge in [0.1, 0.15) is 0 Å². The Balaban J connectivity index is 2.29. The fraction of sp³-hybridized carbons (Fsp3) is 0.933. The van der Waals surface area contributed by atoms with Crippen molar-refractivity contribution in [3.8, 4) is 0 Å². The first-order valence-corrected chi connectivity index (χ1v) is 6.96. The van der Waals surface area contributed by atoms with Gasteiger partial charge in [0, 0.05) is 0 Å². The number of aliphatic carboxylic acids is 1. The van der Waals surface area contributed by atoms with Gasteiger partial charge >= 0.3 is 5.97 Å². The van der Waals surface area contributed by atoms with Gasteiger partial charge in [0.25, 0.3) is 0 Å². The molecule has 0 aromatic rings. The lowest BCUT2D eigenvalue weighted by atomic mass is 9.61. The topological polar surface area (TPSA) is 37.3 Å². The molecule has 2 saturated carbocycles. The van der Waals surface area contributed by atoms with Gasteiger partial charge in [-0.15, -0.1) is 0 Å². The summed E-state index contributed by atoms with van der Waals surface area (Å²) in [6, 6.07) is 0. The van der Waals surface area contributed by atoms with E-state index in [0.29, 0.717) is 23.7 Å². The van der Waals surface area contributed by atoms with Crippen molar-refractivity contribution in [3.05, 3.63) is 0 Å². The molecule has 5 unspecified atom stereocenters. The van der Waals surface area contributed by atoms with Crippen molar-refractivity contribution in [2.45, 2.75) is 47.5 Å². The van der Waals surface area contributed by atoms with E-state index in [2.05, 4.69) is 34.6 Å². The Morgan fingerprint density at radius 3 is 2.24 bits per heavy atom. The van der Waals surface area contributed by atoms with Crippen LogP contribution in [-0.4, -0.2) is 11.1 Å². The van der Waals surface area contributed by atoms with E-state index in [1.807, 2.05) is 0 Å². The van der Waals surface area contributed by atoms with Gasteiger partial charge in [0.05, 0.1) is 5.92 Å². The summed E-state index contributed by atoms with van der Waals surface area (Å²) in [6.45, 7) is 11.5. The SMILES string of the molecule is CC(C)C1C2CC(C(=O)O)C(C2)C1C(C)(C)C. The van der Waals surface area contributed by atoms with Crippen molar-refractivity contribution in [1.82, 2.24) is 0 Å². The summed E-state index contributed by atoms with van der Waals surface area (Å²) in [6.07, 6.45) is 2.08. The minimum Gasteiger partial charge on any atom is -0.481 e. The number of carboxylic acid groups (broad SMARTS) is 1. The van der Waals surface area contributed by atoms with Crippen LogP contribution in [0.25, 0.3) is 0 Å². The van der Waals surface area contributed by atoms with Crippen molar-refractivity contribution in [3.63, 3.8) is 0 Å². The molecule has 0 amide bonds. The summed E-state index contributed by atoms with van der Waals surface area (Å²) in [4.78, 5) is 11.3. The number of hydrogen-bond acceptors (Lipinski definition) is 1. The highest BCUT2D eigenvalue weighted by atomic mass is 16.4. The number of hydrogen-bond donors (Lipinski definition) is 1. The minimum absolute atomic E-state index is 0.0702. The number of carboxylic acids is 1. The zero-order valence-electron chi connectivity index (χ0n) is 11.7. The Bertz CT molecular complexity index is 313. The fourth-order valence-corrected chi connectivity index (χ4v) is 4.86. The molecular weight excluding hydrogens is 212 g/mol. The zero-order valence-corrected chi connectivity index (χ0v) is 11.7. The van der Waals surface area contributed by atoms with Crippen LogP contribution in [0.2, 0.25) is 0 Å². The van der Waals surface area contributed by atoms with Gasteiger partial charge in [-0.3, -0.25) is 4.79 Å². The van der Waals surface area contributed by atoms with Crippen LogP contribution in [0, 0.1) is 40.9 Å². The average molecular weight is 238 g/mol. The Hall–Kier alpha value is -0.530. The van der Waals surface area contributed by atoms with Crippen LogP contribution >= 0.6 is 0 Å². The molecule has 0 aliphatic heterocycles. The Kier molecular flexibility index (Phi) is 3.04. The largest absolute Gasteiger partial charge is 0.481 e. The molecule has 17 heavy (non-hydrogen) atoms. The molecule has 2 heteroatoms. The first kappa shape index (κ1) is 12.9. The third kappa shape index (κ3) is 2.00. The predicted molar refractivity (Wildman–Crippen MR) is 68.6 cm³/mol. The predicted octanol–water partition coefficient (Wildman–Crippen LogP) is 3.66. The summed E-state index contributed by atoms with van der Waals surface area (Å²) >= 11 is 0. The average Bonchev–Trinajstić information content (AvgIpc) is 2.71. The number of fused-ring (bicyclic) bond motifs is 2. The Morgan fingerprint density at radius 1 is 1.24 bits per heavy atom. The summed E-state index contributed by atoms with van der Waals surface area (Å²) in [5, 5.41) is 9.34. The third-order valence-corrected chi connectivity index (χ3v) is 5.16. The summed E-state index contributed by atoms with van der Waals surface area (Å²) in [7, 11) is 0. The quantitative estimate of drug-likeness (QED) is 0.797. The first-order chi connectivity index (χ1) is 7.73. The maximum atomic E-state index is 11.3. The van der Waals surface area contributed by atoms with Crippen molar-refractivity contribution < 1.29 is 9.90 Å². The summed E-state index contributed by atoms with van der Waals surface area (Å²) in [5.41, 5.74) is 0.239. The minimum atomic E-state index is -0.561. The van der Waals surface area contributed by atoms with Gasteiger partial charge < -0.3 is 5.11 Å². The second-order valence-corrected chi connectivity index (χ2v) is 7.55. The molecule has 0 radical (unpaired) electrons. The van der Waals surface area contributed by atoms with Gasteiger partial charge in [0.15, 0.2) is 0 Å². The molecule has 98 valence electrons. The molecular formula is C15H26O2. The van der Waals surface area contributed by atoms with Gasteiger partial charge in [-0.05, 0) is 47.8 Å². The summed E-state index contributed by atoms with van der Waals surface area (Å²) in [5.74, 6) is 2.45. The van der Waals surface area contributed by atoms with E-state index in [1.165, 1.54) is 0 Å². The van der Waals surface area contributed by atoms with E-state index in [1.54, 1.807) is 0 Å². The molecule has 2 aliphatic carbocycles. The van der Waals surface area contributed by atoms with Crippen LogP contribution < -0.4 is 0 Å². The third-order valence-electron chi connectivity index (χ3n) is 5.16. The lowest BCUT2D eigenvalue weighted by Gasteiger charge is -2.44.